The summed E-state index contributed by atoms with van der Waals surface area (Å²) in [5.41, 5.74) is 0.988. The number of aliphatic hydroxyl groups is 1. The van der Waals surface area contributed by atoms with Gasteiger partial charge in [0.1, 0.15) is 11.5 Å². The van der Waals surface area contributed by atoms with Crippen molar-refractivity contribution < 1.29 is 9.84 Å². The van der Waals surface area contributed by atoms with E-state index in [4.69, 9.17) is 4.74 Å². The number of benzene rings is 2. The molecule has 0 spiro atoms. The Morgan fingerprint density at radius 1 is 0.905 bits per heavy atom. The first-order chi connectivity index (χ1) is 10.3. The van der Waals surface area contributed by atoms with E-state index < -0.39 is 0 Å². The Kier molecular flexibility index (Phi) is 4.56. The maximum absolute atomic E-state index is 10.3. The van der Waals surface area contributed by atoms with Crippen molar-refractivity contribution in [3.05, 3.63) is 60.2 Å². The highest BCUT2D eigenvalue weighted by Crippen LogP contribution is 2.33. The van der Waals surface area contributed by atoms with Crippen LogP contribution in [0.15, 0.2) is 54.6 Å². The van der Waals surface area contributed by atoms with Crippen molar-refractivity contribution in [2.24, 2.45) is 5.92 Å². The van der Waals surface area contributed by atoms with Gasteiger partial charge in [-0.2, -0.15) is 0 Å². The van der Waals surface area contributed by atoms with Crippen molar-refractivity contribution in [2.75, 3.05) is 0 Å². The Morgan fingerprint density at radius 2 is 1.52 bits per heavy atom. The van der Waals surface area contributed by atoms with Gasteiger partial charge in [0.2, 0.25) is 0 Å². The number of rotatable bonds is 5. The van der Waals surface area contributed by atoms with E-state index in [2.05, 4.69) is 0 Å². The largest absolute Gasteiger partial charge is 0.457 e. The smallest absolute Gasteiger partial charge is 0.127 e. The summed E-state index contributed by atoms with van der Waals surface area (Å²) >= 11 is 0. The third-order valence-electron chi connectivity index (χ3n) is 4.28. The van der Waals surface area contributed by atoms with E-state index in [9.17, 15) is 5.11 Å². The standard InChI is InChI=1S/C19H22O2/c20-19(14-15-6-4-5-7-15)16-10-12-18(13-11-16)21-17-8-2-1-3-9-17/h1-3,8-13,15,19-20H,4-7,14H2. The number of para-hydroxylation sites is 1. The van der Waals surface area contributed by atoms with Crippen molar-refractivity contribution in [1.82, 2.24) is 0 Å². The van der Waals surface area contributed by atoms with Crippen LogP contribution in [0, 0.1) is 5.92 Å². The maximum atomic E-state index is 10.3. The predicted molar refractivity (Wildman–Crippen MR) is 84.5 cm³/mol. The summed E-state index contributed by atoms with van der Waals surface area (Å²) in [6.45, 7) is 0. The lowest BCUT2D eigenvalue weighted by molar-refractivity contribution is 0.145. The highest BCUT2D eigenvalue weighted by Gasteiger charge is 2.19. The third kappa shape index (κ3) is 3.85. The lowest BCUT2D eigenvalue weighted by Crippen LogP contribution is -2.04. The molecule has 1 unspecified atom stereocenters. The van der Waals surface area contributed by atoms with Gasteiger partial charge in [0.15, 0.2) is 0 Å². The van der Waals surface area contributed by atoms with Gasteiger partial charge in [0.05, 0.1) is 6.10 Å². The molecular formula is C19H22O2. The topological polar surface area (TPSA) is 29.5 Å². The summed E-state index contributed by atoms with van der Waals surface area (Å²) in [6, 6.07) is 17.5. The van der Waals surface area contributed by atoms with Gasteiger partial charge in [-0.1, -0.05) is 56.0 Å². The maximum Gasteiger partial charge on any atom is 0.127 e. The molecule has 110 valence electrons. The minimum Gasteiger partial charge on any atom is -0.457 e. The molecule has 1 N–H and O–H groups in total. The fraction of sp³-hybridized carbons (Fsp3) is 0.368. The monoisotopic (exact) mass is 282 g/mol. The van der Waals surface area contributed by atoms with Gasteiger partial charge < -0.3 is 9.84 Å². The molecule has 2 nitrogen and oxygen atoms in total. The highest BCUT2D eigenvalue weighted by atomic mass is 16.5. The van der Waals surface area contributed by atoms with E-state index in [1.54, 1.807) is 0 Å². The van der Waals surface area contributed by atoms with Crippen molar-refractivity contribution in [3.63, 3.8) is 0 Å². The van der Waals surface area contributed by atoms with E-state index in [0.29, 0.717) is 5.92 Å². The van der Waals surface area contributed by atoms with E-state index in [1.165, 1.54) is 25.7 Å². The van der Waals surface area contributed by atoms with E-state index in [0.717, 1.165) is 23.5 Å². The van der Waals surface area contributed by atoms with Crippen LogP contribution in [0.3, 0.4) is 0 Å². The molecule has 3 rings (SSSR count). The average molecular weight is 282 g/mol. The summed E-state index contributed by atoms with van der Waals surface area (Å²) in [5.74, 6) is 2.33. The summed E-state index contributed by atoms with van der Waals surface area (Å²) < 4.78 is 5.76. The first-order valence-electron chi connectivity index (χ1n) is 7.82. The van der Waals surface area contributed by atoms with Crippen LogP contribution < -0.4 is 4.74 Å². The zero-order valence-electron chi connectivity index (χ0n) is 12.2. The Balaban J connectivity index is 1.60. The van der Waals surface area contributed by atoms with Crippen LogP contribution in [0.4, 0.5) is 0 Å². The van der Waals surface area contributed by atoms with E-state index in [1.807, 2.05) is 54.6 Å². The normalized spacial score (nSPS) is 16.8. The number of ether oxygens (including phenoxy) is 1. The molecule has 0 aromatic heterocycles. The molecule has 0 aliphatic heterocycles. The first-order valence-corrected chi connectivity index (χ1v) is 7.82. The second-order valence-electron chi connectivity index (χ2n) is 5.89. The Hall–Kier alpha value is -1.80. The van der Waals surface area contributed by atoms with E-state index >= 15 is 0 Å². The molecule has 0 saturated heterocycles. The lowest BCUT2D eigenvalue weighted by Gasteiger charge is -2.16. The molecule has 0 heterocycles. The van der Waals surface area contributed by atoms with Crippen molar-refractivity contribution in [3.8, 4) is 11.5 Å². The number of hydrogen-bond donors (Lipinski definition) is 1. The highest BCUT2D eigenvalue weighted by molar-refractivity contribution is 5.33. The first kappa shape index (κ1) is 14.2. The molecule has 1 fully saturated rings. The minimum atomic E-state index is -0.348. The molecule has 0 amide bonds. The number of aliphatic hydroxyl groups excluding tert-OH is 1. The molecule has 2 heteroatoms. The second-order valence-corrected chi connectivity index (χ2v) is 5.89. The molecule has 1 atom stereocenters. The van der Waals surface area contributed by atoms with Crippen LogP contribution in [0.25, 0.3) is 0 Å². The molecule has 2 aromatic carbocycles. The minimum absolute atomic E-state index is 0.348. The molecule has 0 radical (unpaired) electrons. The summed E-state index contributed by atoms with van der Waals surface area (Å²) in [5, 5.41) is 10.3. The predicted octanol–water partition coefficient (Wildman–Crippen LogP) is 5.09. The summed E-state index contributed by atoms with van der Waals surface area (Å²) in [7, 11) is 0. The Bertz CT molecular complexity index is 542. The van der Waals surface area contributed by atoms with Gasteiger partial charge in [-0.05, 0) is 42.2 Å². The van der Waals surface area contributed by atoms with Gasteiger partial charge in [-0.3, -0.25) is 0 Å². The third-order valence-corrected chi connectivity index (χ3v) is 4.28. The van der Waals surface area contributed by atoms with Gasteiger partial charge >= 0.3 is 0 Å². The Labute approximate surface area is 126 Å². The van der Waals surface area contributed by atoms with Crippen LogP contribution in [0.1, 0.15) is 43.8 Å². The molecular weight excluding hydrogens is 260 g/mol. The zero-order chi connectivity index (χ0) is 14.5. The fourth-order valence-electron chi connectivity index (χ4n) is 3.08. The van der Waals surface area contributed by atoms with Crippen molar-refractivity contribution in [1.29, 1.82) is 0 Å². The quantitative estimate of drug-likeness (QED) is 0.827. The molecule has 2 aromatic rings. The van der Waals surface area contributed by atoms with E-state index in [-0.39, 0.29) is 6.10 Å². The lowest BCUT2D eigenvalue weighted by atomic mass is 9.96. The zero-order valence-corrected chi connectivity index (χ0v) is 12.2. The molecule has 21 heavy (non-hydrogen) atoms. The van der Waals surface area contributed by atoms with Crippen molar-refractivity contribution in [2.45, 2.75) is 38.2 Å². The van der Waals surface area contributed by atoms with Crippen LogP contribution in [0.5, 0.6) is 11.5 Å². The summed E-state index contributed by atoms with van der Waals surface area (Å²) in [6.07, 6.45) is 5.72. The molecule has 1 aliphatic carbocycles. The second kappa shape index (κ2) is 6.77. The summed E-state index contributed by atoms with van der Waals surface area (Å²) in [4.78, 5) is 0. The fourth-order valence-corrected chi connectivity index (χ4v) is 3.08. The van der Waals surface area contributed by atoms with Crippen LogP contribution in [-0.4, -0.2) is 5.11 Å². The van der Waals surface area contributed by atoms with Crippen LogP contribution >= 0.6 is 0 Å². The van der Waals surface area contributed by atoms with Crippen LogP contribution in [-0.2, 0) is 0 Å². The van der Waals surface area contributed by atoms with Gasteiger partial charge in [-0.15, -0.1) is 0 Å². The van der Waals surface area contributed by atoms with Gasteiger partial charge in [0, 0.05) is 0 Å². The average Bonchev–Trinajstić information content (AvgIpc) is 3.02. The van der Waals surface area contributed by atoms with Crippen molar-refractivity contribution >= 4 is 0 Å². The molecule has 0 bridgehead atoms. The van der Waals surface area contributed by atoms with Gasteiger partial charge in [-0.25, -0.2) is 0 Å². The SMILES string of the molecule is OC(CC1CCCC1)c1ccc(Oc2ccccc2)cc1. The van der Waals surface area contributed by atoms with Gasteiger partial charge in [0.25, 0.3) is 0 Å². The Morgan fingerprint density at radius 3 is 2.19 bits per heavy atom. The number of hydrogen-bond acceptors (Lipinski definition) is 2. The van der Waals surface area contributed by atoms with Crippen LogP contribution in [0.2, 0.25) is 0 Å². The molecule has 1 aliphatic rings. The molecule has 1 saturated carbocycles.